The van der Waals surface area contributed by atoms with Crippen LogP contribution in [0.15, 0.2) is 0 Å². The zero-order valence-electron chi connectivity index (χ0n) is 13.6. The van der Waals surface area contributed by atoms with E-state index < -0.39 is 0 Å². The quantitative estimate of drug-likeness (QED) is 0.670. The topological polar surface area (TPSA) is 21.3 Å². The molecule has 0 saturated heterocycles. The summed E-state index contributed by atoms with van der Waals surface area (Å²) in [5.41, 5.74) is 0.134. The van der Waals surface area contributed by atoms with Gasteiger partial charge >= 0.3 is 0 Å². The second-order valence-electron chi connectivity index (χ2n) is 6.73. The van der Waals surface area contributed by atoms with E-state index in [1.807, 2.05) is 0 Å². The lowest BCUT2D eigenvalue weighted by molar-refractivity contribution is -0.0796. The van der Waals surface area contributed by atoms with Crippen molar-refractivity contribution in [2.75, 3.05) is 19.7 Å². The lowest BCUT2D eigenvalue weighted by Crippen LogP contribution is -2.46. The van der Waals surface area contributed by atoms with Crippen LogP contribution >= 0.6 is 0 Å². The van der Waals surface area contributed by atoms with Crippen molar-refractivity contribution in [2.24, 2.45) is 11.8 Å². The fourth-order valence-electron chi connectivity index (χ4n) is 3.14. The van der Waals surface area contributed by atoms with Gasteiger partial charge in [0.05, 0.1) is 5.60 Å². The van der Waals surface area contributed by atoms with Crippen LogP contribution in [0, 0.1) is 11.8 Å². The van der Waals surface area contributed by atoms with Gasteiger partial charge in [-0.3, -0.25) is 0 Å². The van der Waals surface area contributed by atoms with Gasteiger partial charge in [-0.15, -0.1) is 0 Å². The highest BCUT2D eigenvalue weighted by Gasteiger charge is 2.35. The number of hydrogen-bond donors (Lipinski definition) is 1. The average molecular weight is 269 g/mol. The van der Waals surface area contributed by atoms with Gasteiger partial charge < -0.3 is 10.1 Å². The van der Waals surface area contributed by atoms with E-state index >= 15 is 0 Å². The zero-order chi connectivity index (χ0) is 14.1. The van der Waals surface area contributed by atoms with Gasteiger partial charge in [-0.25, -0.2) is 0 Å². The van der Waals surface area contributed by atoms with E-state index in [1.54, 1.807) is 0 Å². The summed E-state index contributed by atoms with van der Waals surface area (Å²) in [4.78, 5) is 0. The van der Waals surface area contributed by atoms with E-state index in [2.05, 4.69) is 33.0 Å². The molecule has 0 amide bonds. The molecular weight excluding hydrogens is 234 g/mol. The Morgan fingerprint density at radius 2 is 1.89 bits per heavy atom. The van der Waals surface area contributed by atoms with Gasteiger partial charge in [0, 0.05) is 13.2 Å². The van der Waals surface area contributed by atoms with E-state index in [0.29, 0.717) is 0 Å². The average Bonchev–Trinajstić information content (AvgIpc) is 2.39. The first kappa shape index (κ1) is 17.0. The molecular formula is C17H35NO. The first-order chi connectivity index (χ1) is 9.12. The number of rotatable bonds is 9. The molecule has 1 fully saturated rings. The molecule has 1 rings (SSSR count). The van der Waals surface area contributed by atoms with E-state index in [-0.39, 0.29) is 5.60 Å². The molecule has 2 heteroatoms. The van der Waals surface area contributed by atoms with Gasteiger partial charge in [-0.1, -0.05) is 40.5 Å². The Morgan fingerprint density at radius 3 is 2.42 bits per heavy atom. The van der Waals surface area contributed by atoms with Crippen molar-refractivity contribution < 1.29 is 4.74 Å². The molecule has 0 aromatic heterocycles. The smallest absolute Gasteiger partial charge is 0.0806 e. The Bertz CT molecular complexity index is 219. The molecule has 1 aliphatic carbocycles. The summed E-state index contributed by atoms with van der Waals surface area (Å²) in [5, 5.41) is 3.52. The van der Waals surface area contributed by atoms with Crippen molar-refractivity contribution in [1.82, 2.24) is 5.32 Å². The second-order valence-corrected chi connectivity index (χ2v) is 6.73. The van der Waals surface area contributed by atoms with Crippen LogP contribution in [-0.2, 0) is 4.74 Å². The first-order valence-corrected chi connectivity index (χ1v) is 8.46. The van der Waals surface area contributed by atoms with Crippen LogP contribution < -0.4 is 5.32 Å². The van der Waals surface area contributed by atoms with Crippen LogP contribution in [0.25, 0.3) is 0 Å². The maximum absolute atomic E-state index is 6.35. The van der Waals surface area contributed by atoms with Crippen molar-refractivity contribution in [3.8, 4) is 0 Å². The fraction of sp³-hybridized carbons (Fsp3) is 1.00. The van der Waals surface area contributed by atoms with Gasteiger partial charge in [-0.2, -0.15) is 0 Å². The maximum Gasteiger partial charge on any atom is 0.0806 e. The van der Waals surface area contributed by atoms with E-state index in [1.165, 1.54) is 44.9 Å². The van der Waals surface area contributed by atoms with Crippen molar-refractivity contribution in [3.05, 3.63) is 0 Å². The summed E-state index contributed by atoms with van der Waals surface area (Å²) in [6, 6.07) is 0. The van der Waals surface area contributed by atoms with Gasteiger partial charge in [0.15, 0.2) is 0 Å². The highest BCUT2D eigenvalue weighted by molar-refractivity contribution is 4.89. The standard InChI is InChI=1S/C17H35NO/c1-5-7-16-8-11-17(12-9-16,14-18-6-2)19-13-10-15(3)4/h15-16,18H,5-14H2,1-4H3. The van der Waals surface area contributed by atoms with Crippen LogP contribution in [0.2, 0.25) is 0 Å². The van der Waals surface area contributed by atoms with Crippen molar-refractivity contribution in [2.45, 2.75) is 78.2 Å². The van der Waals surface area contributed by atoms with Crippen LogP contribution in [0.1, 0.15) is 72.6 Å². The van der Waals surface area contributed by atoms with Gasteiger partial charge in [0.2, 0.25) is 0 Å². The Balaban J connectivity index is 2.43. The van der Waals surface area contributed by atoms with E-state index in [9.17, 15) is 0 Å². The summed E-state index contributed by atoms with van der Waals surface area (Å²) in [6.45, 7) is 12.1. The molecule has 0 aromatic rings. The number of nitrogens with one attached hydrogen (secondary N) is 1. The minimum Gasteiger partial charge on any atom is -0.374 e. The van der Waals surface area contributed by atoms with Crippen LogP contribution in [0.4, 0.5) is 0 Å². The lowest BCUT2D eigenvalue weighted by atomic mass is 9.77. The molecule has 0 radical (unpaired) electrons. The molecule has 1 saturated carbocycles. The minimum atomic E-state index is 0.134. The number of likely N-dealkylation sites (N-methyl/N-ethyl adjacent to an activating group) is 1. The predicted octanol–water partition coefficient (Wildman–Crippen LogP) is 4.39. The van der Waals surface area contributed by atoms with Crippen molar-refractivity contribution >= 4 is 0 Å². The molecule has 2 nitrogen and oxygen atoms in total. The minimum absolute atomic E-state index is 0.134. The summed E-state index contributed by atoms with van der Waals surface area (Å²) < 4.78 is 6.35. The molecule has 0 spiro atoms. The molecule has 0 aromatic carbocycles. The lowest BCUT2D eigenvalue weighted by Gasteiger charge is -2.40. The molecule has 0 unspecified atom stereocenters. The van der Waals surface area contributed by atoms with Crippen molar-refractivity contribution in [1.29, 1.82) is 0 Å². The fourth-order valence-corrected chi connectivity index (χ4v) is 3.14. The summed E-state index contributed by atoms with van der Waals surface area (Å²) >= 11 is 0. The summed E-state index contributed by atoms with van der Waals surface area (Å²) in [5.74, 6) is 1.70. The van der Waals surface area contributed by atoms with Crippen molar-refractivity contribution in [3.63, 3.8) is 0 Å². The molecule has 114 valence electrons. The summed E-state index contributed by atoms with van der Waals surface area (Å²) in [7, 11) is 0. The third kappa shape index (κ3) is 6.27. The molecule has 1 aliphatic rings. The predicted molar refractivity (Wildman–Crippen MR) is 83.5 cm³/mol. The van der Waals surface area contributed by atoms with E-state index in [0.717, 1.165) is 31.5 Å². The molecule has 1 N–H and O–H groups in total. The number of hydrogen-bond acceptors (Lipinski definition) is 2. The first-order valence-electron chi connectivity index (χ1n) is 8.46. The van der Waals surface area contributed by atoms with Gasteiger partial charge in [-0.05, 0) is 50.5 Å². The van der Waals surface area contributed by atoms with Crippen LogP contribution in [-0.4, -0.2) is 25.3 Å². The second kappa shape index (κ2) is 8.97. The molecule has 0 aliphatic heterocycles. The van der Waals surface area contributed by atoms with Crippen LogP contribution in [0.5, 0.6) is 0 Å². The largest absolute Gasteiger partial charge is 0.374 e. The maximum atomic E-state index is 6.35. The Kier molecular flexibility index (Phi) is 8.01. The highest BCUT2D eigenvalue weighted by atomic mass is 16.5. The molecule has 0 bridgehead atoms. The normalized spacial score (nSPS) is 27.9. The van der Waals surface area contributed by atoms with E-state index in [4.69, 9.17) is 4.74 Å². The molecule has 0 heterocycles. The third-order valence-electron chi connectivity index (χ3n) is 4.51. The SMILES string of the molecule is CCCC1CCC(CNCC)(OCCC(C)C)CC1. The van der Waals surface area contributed by atoms with Gasteiger partial charge in [0.25, 0.3) is 0 Å². The Morgan fingerprint density at radius 1 is 1.21 bits per heavy atom. The van der Waals surface area contributed by atoms with Gasteiger partial charge in [0.1, 0.15) is 0 Å². The zero-order valence-corrected chi connectivity index (χ0v) is 13.6. The monoisotopic (exact) mass is 269 g/mol. The molecule has 0 atom stereocenters. The summed E-state index contributed by atoms with van der Waals surface area (Å²) in [6.07, 6.45) is 9.15. The molecule has 19 heavy (non-hydrogen) atoms. The Labute approximate surface area is 120 Å². The van der Waals surface area contributed by atoms with Crippen LogP contribution in [0.3, 0.4) is 0 Å². The third-order valence-corrected chi connectivity index (χ3v) is 4.51. The highest BCUT2D eigenvalue weighted by Crippen LogP contribution is 2.36. The number of ether oxygens (including phenoxy) is 1. The Hall–Kier alpha value is -0.0800.